The minimum Gasteiger partial charge on any atom is -0.493 e. The van der Waals surface area contributed by atoms with Gasteiger partial charge < -0.3 is 4.74 Å². The summed E-state index contributed by atoms with van der Waals surface area (Å²) < 4.78 is 19.2. The molecule has 2 rings (SSSR count). The molecule has 1 nitrogen and oxygen atoms in total. The number of ether oxygens (including phenoxy) is 1. The Morgan fingerprint density at radius 1 is 0.941 bits per heavy atom. The number of hydrogen-bond donors (Lipinski definition) is 0. The van der Waals surface area contributed by atoms with Crippen LogP contribution in [0.3, 0.4) is 0 Å². The van der Waals surface area contributed by atoms with Crippen LogP contribution < -0.4 is 4.74 Å². The van der Waals surface area contributed by atoms with Gasteiger partial charge in [0.2, 0.25) is 0 Å². The van der Waals surface area contributed by atoms with Crippen molar-refractivity contribution in [2.24, 2.45) is 0 Å². The van der Waals surface area contributed by atoms with Gasteiger partial charge in [0.05, 0.1) is 6.61 Å². The molecule has 0 saturated heterocycles. The second-order valence-electron chi connectivity index (χ2n) is 3.68. The molecule has 0 amide bonds. The van der Waals surface area contributed by atoms with E-state index in [-0.39, 0.29) is 5.82 Å². The molecule has 0 aliphatic rings. The van der Waals surface area contributed by atoms with Crippen LogP contribution in [-0.4, -0.2) is 6.61 Å². The van der Waals surface area contributed by atoms with E-state index in [9.17, 15) is 4.39 Å². The zero-order valence-electron chi connectivity index (χ0n) is 9.20. The first kappa shape index (κ1) is 12.1. The molecule has 0 saturated carbocycles. The van der Waals surface area contributed by atoms with Crippen LogP contribution in [0.1, 0.15) is 5.56 Å². The van der Waals surface area contributed by atoms with Crippen molar-refractivity contribution < 1.29 is 9.13 Å². The Morgan fingerprint density at radius 2 is 1.59 bits per heavy atom. The van der Waals surface area contributed by atoms with Crippen LogP contribution in [0.4, 0.5) is 4.39 Å². The molecule has 17 heavy (non-hydrogen) atoms. The SMILES string of the molecule is Fc1ccc(OCCc2ccc(Br)cc2)cc1. The summed E-state index contributed by atoms with van der Waals surface area (Å²) in [5, 5.41) is 0. The lowest BCUT2D eigenvalue weighted by Gasteiger charge is -2.06. The summed E-state index contributed by atoms with van der Waals surface area (Å²) in [7, 11) is 0. The number of halogens is 2. The third-order valence-electron chi connectivity index (χ3n) is 2.39. The van der Waals surface area contributed by atoms with E-state index >= 15 is 0 Å². The van der Waals surface area contributed by atoms with E-state index in [0.717, 1.165) is 10.9 Å². The smallest absolute Gasteiger partial charge is 0.123 e. The van der Waals surface area contributed by atoms with Crippen LogP contribution in [0.2, 0.25) is 0 Å². The van der Waals surface area contributed by atoms with Gasteiger partial charge in [-0.1, -0.05) is 28.1 Å². The van der Waals surface area contributed by atoms with Crippen molar-refractivity contribution in [2.75, 3.05) is 6.61 Å². The van der Waals surface area contributed by atoms with Crippen molar-refractivity contribution in [1.29, 1.82) is 0 Å². The number of hydrogen-bond acceptors (Lipinski definition) is 1. The molecule has 0 unspecified atom stereocenters. The zero-order chi connectivity index (χ0) is 12.1. The summed E-state index contributed by atoms with van der Waals surface area (Å²) in [5.74, 6) is 0.453. The van der Waals surface area contributed by atoms with Gasteiger partial charge in [0.25, 0.3) is 0 Å². The third kappa shape index (κ3) is 3.86. The molecule has 3 heteroatoms. The quantitative estimate of drug-likeness (QED) is 0.821. The summed E-state index contributed by atoms with van der Waals surface area (Å²) in [6.45, 7) is 0.591. The van der Waals surface area contributed by atoms with Crippen molar-refractivity contribution in [3.05, 3.63) is 64.4 Å². The first-order chi connectivity index (χ1) is 8.24. The molecule has 2 aromatic rings. The highest BCUT2D eigenvalue weighted by Crippen LogP contribution is 2.13. The Hall–Kier alpha value is -1.35. The minimum absolute atomic E-state index is 0.245. The summed E-state index contributed by atoms with van der Waals surface area (Å²) in [6.07, 6.45) is 0.838. The molecule has 2 aromatic carbocycles. The Kier molecular flexibility index (Phi) is 4.15. The van der Waals surface area contributed by atoms with Gasteiger partial charge in [0, 0.05) is 10.9 Å². The fourth-order valence-corrected chi connectivity index (χ4v) is 1.73. The molecule has 0 bridgehead atoms. The molecule has 0 aliphatic carbocycles. The van der Waals surface area contributed by atoms with Crippen molar-refractivity contribution in [3.63, 3.8) is 0 Å². The predicted octanol–water partition coefficient (Wildman–Crippen LogP) is 4.21. The first-order valence-electron chi connectivity index (χ1n) is 5.37. The fourth-order valence-electron chi connectivity index (χ4n) is 1.47. The molecule has 88 valence electrons. The monoisotopic (exact) mass is 294 g/mol. The highest BCUT2D eigenvalue weighted by molar-refractivity contribution is 9.10. The zero-order valence-corrected chi connectivity index (χ0v) is 10.8. The van der Waals surface area contributed by atoms with Gasteiger partial charge >= 0.3 is 0 Å². The molecular weight excluding hydrogens is 283 g/mol. The highest BCUT2D eigenvalue weighted by Gasteiger charge is 1.96. The molecular formula is C14H12BrFO. The maximum atomic E-state index is 12.7. The normalized spacial score (nSPS) is 10.2. The topological polar surface area (TPSA) is 9.23 Å². The van der Waals surface area contributed by atoms with E-state index < -0.39 is 0 Å². The van der Waals surface area contributed by atoms with Crippen LogP contribution >= 0.6 is 15.9 Å². The lowest BCUT2D eigenvalue weighted by Crippen LogP contribution is -2.01. The molecule has 0 aliphatic heterocycles. The van der Waals surface area contributed by atoms with E-state index in [1.54, 1.807) is 12.1 Å². The standard InChI is InChI=1S/C14H12BrFO/c15-12-3-1-11(2-4-12)9-10-17-14-7-5-13(16)6-8-14/h1-8H,9-10H2. The lowest BCUT2D eigenvalue weighted by atomic mass is 10.2. The summed E-state index contributed by atoms with van der Waals surface area (Å²) in [5.41, 5.74) is 1.22. The van der Waals surface area contributed by atoms with Crippen molar-refractivity contribution in [3.8, 4) is 5.75 Å². The Bertz CT molecular complexity index is 419. The number of benzene rings is 2. The van der Waals surface area contributed by atoms with Gasteiger partial charge in [-0.25, -0.2) is 4.39 Å². The maximum absolute atomic E-state index is 12.7. The van der Waals surface area contributed by atoms with Gasteiger partial charge in [-0.05, 0) is 42.0 Å². The van der Waals surface area contributed by atoms with Crippen molar-refractivity contribution in [1.82, 2.24) is 0 Å². The third-order valence-corrected chi connectivity index (χ3v) is 2.92. The Balaban J connectivity index is 1.83. The van der Waals surface area contributed by atoms with E-state index in [4.69, 9.17) is 4.74 Å². The summed E-state index contributed by atoms with van der Waals surface area (Å²) >= 11 is 3.39. The predicted molar refractivity (Wildman–Crippen MR) is 69.7 cm³/mol. The summed E-state index contributed by atoms with van der Waals surface area (Å²) in [6, 6.07) is 14.2. The molecule has 0 aromatic heterocycles. The highest BCUT2D eigenvalue weighted by atomic mass is 79.9. The van der Waals surface area contributed by atoms with Gasteiger partial charge in [-0.2, -0.15) is 0 Å². The minimum atomic E-state index is -0.245. The average Bonchev–Trinajstić information content (AvgIpc) is 2.34. The lowest BCUT2D eigenvalue weighted by molar-refractivity contribution is 0.321. The molecule has 0 heterocycles. The van der Waals surface area contributed by atoms with E-state index in [1.807, 2.05) is 12.1 Å². The average molecular weight is 295 g/mol. The van der Waals surface area contributed by atoms with Gasteiger partial charge in [0.1, 0.15) is 11.6 Å². The maximum Gasteiger partial charge on any atom is 0.123 e. The second kappa shape index (κ2) is 5.82. The van der Waals surface area contributed by atoms with Gasteiger partial charge in [-0.3, -0.25) is 0 Å². The fraction of sp³-hybridized carbons (Fsp3) is 0.143. The molecule has 0 fully saturated rings. The molecule has 0 N–H and O–H groups in total. The number of rotatable bonds is 4. The van der Waals surface area contributed by atoms with Crippen LogP contribution in [0, 0.1) is 5.82 Å². The summed E-state index contributed by atoms with van der Waals surface area (Å²) in [4.78, 5) is 0. The van der Waals surface area contributed by atoms with Crippen LogP contribution in [0.5, 0.6) is 5.75 Å². The van der Waals surface area contributed by atoms with Crippen molar-refractivity contribution in [2.45, 2.75) is 6.42 Å². The second-order valence-corrected chi connectivity index (χ2v) is 4.59. The van der Waals surface area contributed by atoms with Crippen LogP contribution in [-0.2, 0) is 6.42 Å². The Labute approximate surface area is 108 Å². The molecule has 0 atom stereocenters. The van der Waals surface area contributed by atoms with E-state index in [2.05, 4.69) is 28.1 Å². The molecule has 0 radical (unpaired) electrons. The van der Waals surface area contributed by atoms with Gasteiger partial charge in [-0.15, -0.1) is 0 Å². The van der Waals surface area contributed by atoms with Gasteiger partial charge in [0.15, 0.2) is 0 Å². The molecule has 0 spiro atoms. The largest absolute Gasteiger partial charge is 0.493 e. The van der Waals surface area contributed by atoms with Crippen LogP contribution in [0.15, 0.2) is 53.0 Å². The van der Waals surface area contributed by atoms with Crippen molar-refractivity contribution >= 4 is 15.9 Å². The Morgan fingerprint density at radius 3 is 2.24 bits per heavy atom. The first-order valence-corrected chi connectivity index (χ1v) is 6.16. The van der Waals surface area contributed by atoms with E-state index in [0.29, 0.717) is 12.4 Å². The van der Waals surface area contributed by atoms with Crippen LogP contribution in [0.25, 0.3) is 0 Å². The van der Waals surface area contributed by atoms with E-state index in [1.165, 1.54) is 17.7 Å².